The molecule has 0 spiro atoms. The van der Waals surface area contributed by atoms with Crippen LogP contribution in [0.15, 0.2) is 47.6 Å². The quantitative estimate of drug-likeness (QED) is 0.789. The lowest BCUT2D eigenvalue weighted by Gasteiger charge is -2.28. The number of nitrogens with zero attached hydrogens (tertiary/aromatic N) is 3. The van der Waals surface area contributed by atoms with Gasteiger partial charge in [-0.25, -0.2) is 12.7 Å². The molecular formula is C17H25N3O3S. The Hall–Kier alpha value is -1.70. The number of aliphatic hydroxyl groups excluding tert-OH is 1. The largest absolute Gasteiger partial charge is 0.396 e. The Kier molecular flexibility index (Phi) is 5.79. The molecule has 0 amide bonds. The van der Waals surface area contributed by atoms with Gasteiger partial charge in [-0.1, -0.05) is 44.2 Å². The van der Waals surface area contributed by atoms with Gasteiger partial charge in [0.05, 0.1) is 12.7 Å². The van der Waals surface area contributed by atoms with E-state index in [9.17, 15) is 8.42 Å². The van der Waals surface area contributed by atoms with E-state index in [1.807, 2.05) is 44.2 Å². The highest BCUT2D eigenvalue weighted by Crippen LogP contribution is 2.24. The van der Waals surface area contributed by atoms with Gasteiger partial charge in [0.15, 0.2) is 0 Å². The molecule has 2 aromatic rings. The van der Waals surface area contributed by atoms with E-state index in [4.69, 9.17) is 5.11 Å². The van der Waals surface area contributed by atoms with Crippen LogP contribution in [0.5, 0.6) is 0 Å². The highest BCUT2D eigenvalue weighted by molar-refractivity contribution is 7.89. The van der Waals surface area contributed by atoms with Gasteiger partial charge in [0.1, 0.15) is 4.90 Å². The zero-order valence-corrected chi connectivity index (χ0v) is 15.2. The fraction of sp³-hybridized carbons (Fsp3) is 0.471. The highest BCUT2D eigenvalue weighted by atomic mass is 32.2. The number of hydrogen-bond donors (Lipinski definition) is 1. The molecule has 0 radical (unpaired) electrons. The molecule has 24 heavy (non-hydrogen) atoms. The molecule has 1 aromatic heterocycles. The summed E-state index contributed by atoms with van der Waals surface area (Å²) in [5.41, 5.74) is 0.762. The Balaban J connectivity index is 2.12. The number of sulfonamides is 1. The van der Waals surface area contributed by atoms with Crippen molar-refractivity contribution in [2.75, 3.05) is 20.2 Å². The average Bonchev–Trinajstić information content (AvgIpc) is 2.97. The molecule has 1 aromatic carbocycles. The first kappa shape index (κ1) is 18.6. The molecule has 0 unspecified atom stereocenters. The van der Waals surface area contributed by atoms with E-state index in [1.54, 1.807) is 17.9 Å². The predicted octanol–water partition coefficient (Wildman–Crippen LogP) is 1.96. The Morgan fingerprint density at radius 3 is 2.54 bits per heavy atom. The lowest BCUT2D eigenvalue weighted by Crippen LogP contribution is -2.36. The molecule has 0 saturated carbocycles. The van der Waals surface area contributed by atoms with Crippen LogP contribution in [0.25, 0.3) is 0 Å². The Morgan fingerprint density at radius 2 is 1.92 bits per heavy atom. The molecule has 7 heteroatoms. The van der Waals surface area contributed by atoms with Crippen LogP contribution in [0.4, 0.5) is 0 Å². The lowest BCUT2D eigenvalue weighted by atomic mass is 9.90. The van der Waals surface area contributed by atoms with Crippen molar-refractivity contribution >= 4 is 10.0 Å². The summed E-state index contributed by atoms with van der Waals surface area (Å²) in [6, 6.07) is 9.76. The summed E-state index contributed by atoms with van der Waals surface area (Å²) >= 11 is 0. The fourth-order valence-corrected chi connectivity index (χ4v) is 3.90. The second kappa shape index (κ2) is 7.46. The van der Waals surface area contributed by atoms with E-state index in [2.05, 4.69) is 5.10 Å². The number of benzene rings is 1. The number of hydrogen-bond acceptors (Lipinski definition) is 4. The van der Waals surface area contributed by atoms with Gasteiger partial charge >= 0.3 is 0 Å². The van der Waals surface area contributed by atoms with Crippen LogP contribution in [0.1, 0.15) is 25.8 Å². The maximum Gasteiger partial charge on any atom is 0.245 e. The minimum absolute atomic E-state index is 0.0376. The van der Waals surface area contributed by atoms with E-state index >= 15 is 0 Å². The first-order valence-corrected chi connectivity index (χ1v) is 9.32. The van der Waals surface area contributed by atoms with Crippen molar-refractivity contribution in [1.82, 2.24) is 14.1 Å². The van der Waals surface area contributed by atoms with Crippen molar-refractivity contribution in [3.8, 4) is 0 Å². The summed E-state index contributed by atoms with van der Waals surface area (Å²) in [6.07, 6.45) is 3.48. The topological polar surface area (TPSA) is 75.4 Å². The molecule has 0 bridgehead atoms. The second-order valence-electron chi connectivity index (χ2n) is 6.76. The van der Waals surface area contributed by atoms with Gasteiger partial charge in [-0.2, -0.15) is 5.10 Å². The van der Waals surface area contributed by atoms with Gasteiger partial charge in [-0.3, -0.25) is 4.68 Å². The first-order valence-electron chi connectivity index (χ1n) is 7.88. The van der Waals surface area contributed by atoms with Crippen LogP contribution in [0.2, 0.25) is 0 Å². The normalized spacial score (nSPS) is 12.7. The summed E-state index contributed by atoms with van der Waals surface area (Å²) < 4.78 is 28.3. The van der Waals surface area contributed by atoms with Gasteiger partial charge in [0.25, 0.3) is 0 Å². The Morgan fingerprint density at radius 1 is 1.25 bits per heavy atom. The summed E-state index contributed by atoms with van der Waals surface area (Å²) in [7, 11) is -2.04. The summed E-state index contributed by atoms with van der Waals surface area (Å²) in [5.74, 6) is 0. The third-order valence-corrected chi connectivity index (χ3v) is 5.70. The smallest absolute Gasteiger partial charge is 0.245 e. The molecule has 0 aliphatic heterocycles. The van der Waals surface area contributed by atoms with E-state index in [0.29, 0.717) is 19.5 Å². The third-order valence-electron chi connectivity index (χ3n) is 3.94. The molecule has 0 atom stereocenters. The van der Waals surface area contributed by atoms with Crippen molar-refractivity contribution in [3.05, 3.63) is 48.3 Å². The van der Waals surface area contributed by atoms with Crippen LogP contribution >= 0.6 is 0 Å². The van der Waals surface area contributed by atoms with Crippen molar-refractivity contribution in [2.24, 2.45) is 5.41 Å². The van der Waals surface area contributed by atoms with E-state index < -0.39 is 10.0 Å². The summed E-state index contributed by atoms with van der Waals surface area (Å²) in [6.45, 7) is 4.77. The third kappa shape index (κ3) is 4.66. The summed E-state index contributed by atoms with van der Waals surface area (Å²) in [4.78, 5) is 0.181. The van der Waals surface area contributed by atoms with Crippen molar-refractivity contribution in [3.63, 3.8) is 0 Å². The maximum absolute atomic E-state index is 12.7. The zero-order chi connectivity index (χ0) is 17.8. The van der Waals surface area contributed by atoms with Crippen LogP contribution in [0.3, 0.4) is 0 Å². The van der Waals surface area contributed by atoms with Crippen LogP contribution < -0.4 is 0 Å². The van der Waals surface area contributed by atoms with Gasteiger partial charge in [0.2, 0.25) is 10.0 Å². The van der Waals surface area contributed by atoms with Crippen LogP contribution in [-0.2, 0) is 16.6 Å². The van der Waals surface area contributed by atoms with Gasteiger partial charge in [-0.15, -0.1) is 0 Å². The minimum Gasteiger partial charge on any atom is -0.396 e. The zero-order valence-electron chi connectivity index (χ0n) is 14.4. The molecule has 2 rings (SSSR count). The number of aromatic nitrogens is 2. The van der Waals surface area contributed by atoms with Crippen molar-refractivity contribution in [2.45, 2.75) is 31.7 Å². The van der Waals surface area contributed by atoms with Gasteiger partial charge in [0, 0.05) is 26.4 Å². The standard InChI is InChI=1S/C17H25N3O3S/c1-17(2,9-10-21)14-19(3)24(22,23)16-11-18-20(13-16)12-15-7-5-4-6-8-15/h4-8,11,13,21H,9-10,12,14H2,1-3H3. The average molecular weight is 351 g/mol. The highest BCUT2D eigenvalue weighted by Gasteiger charge is 2.28. The molecule has 1 N–H and O–H groups in total. The maximum atomic E-state index is 12.7. The first-order chi connectivity index (χ1) is 11.2. The second-order valence-corrected chi connectivity index (χ2v) is 8.80. The minimum atomic E-state index is -3.59. The van der Waals surface area contributed by atoms with Gasteiger partial charge in [-0.05, 0) is 17.4 Å². The van der Waals surface area contributed by atoms with E-state index in [0.717, 1.165) is 5.56 Å². The van der Waals surface area contributed by atoms with Gasteiger partial charge < -0.3 is 5.11 Å². The monoisotopic (exact) mass is 351 g/mol. The van der Waals surface area contributed by atoms with Crippen LogP contribution in [0, 0.1) is 5.41 Å². The molecule has 0 aliphatic rings. The molecule has 0 saturated heterocycles. The van der Waals surface area contributed by atoms with Crippen molar-refractivity contribution in [1.29, 1.82) is 0 Å². The number of rotatable bonds is 8. The molecule has 0 aliphatic carbocycles. The molecular weight excluding hydrogens is 326 g/mol. The summed E-state index contributed by atoms with van der Waals surface area (Å²) in [5, 5.41) is 13.3. The molecule has 0 fully saturated rings. The molecule has 132 valence electrons. The SMILES string of the molecule is CN(CC(C)(C)CCO)S(=O)(=O)c1cnn(Cc2ccccc2)c1. The Bertz CT molecular complexity index is 754. The van der Waals surface area contributed by atoms with E-state index in [1.165, 1.54) is 10.5 Å². The Labute approximate surface area is 143 Å². The predicted molar refractivity (Wildman–Crippen MR) is 93.1 cm³/mol. The fourth-order valence-electron chi connectivity index (χ4n) is 2.58. The van der Waals surface area contributed by atoms with E-state index in [-0.39, 0.29) is 16.9 Å². The van der Waals surface area contributed by atoms with Crippen molar-refractivity contribution < 1.29 is 13.5 Å². The molecule has 1 heterocycles. The number of aliphatic hydroxyl groups is 1. The lowest BCUT2D eigenvalue weighted by molar-refractivity contribution is 0.189. The molecule has 6 nitrogen and oxygen atoms in total. The van der Waals surface area contributed by atoms with Crippen LogP contribution in [-0.4, -0.2) is 47.8 Å².